The van der Waals surface area contributed by atoms with E-state index < -0.39 is 0 Å². The van der Waals surface area contributed by atoms with Gasteiger partial charge in [0, 0.05) is 28.9 Å². The van der Waals surface area contributed by atoms with Crippen molar-refractivity contribution in [3.63, 3.8) is 0 Å². The summed E-state index contributed by atoms with van der Waals surface area (Å²) < 4.78 is 2.79. The van der Waals surface area contributed by atoms with Gasteiger partial charge < -0.3 is 11.1 Å². The lowest BCUT2D eigenvalue weighted by Crippen LogP contribution is -2.26. The Morgan fingerprint density at radius 1 is 1.38 bits per heavy atom. The zero-order chi connectivity index (χ0) is 15.4. The molecule has 0 spiro atoms. The molecule has 0 saturated carbocycles. The van der Waals surface area contributed by atoms with Gasteiger partial charge in [-0.25, -0.2) is 0 Å². The van der Waals surface area contributed by atoms with Crippen LogP contribution in [0.2, 0.25) is 0 Å². The van der Waals surface area contributed by atoms with E-state index in [1.165, 1.54) is 0 Å². The summed E-state index contributed by atoms with van der Waals surface area (Å²) in [4.78, 5) is 12.1. The number of rotatable bonds is 5. The van der Waals surface area contributed by atoms with Crippen molar-refractivity contribution in [3.05, 3.63) is 45.7 Å². The minimum absolute atomic E-state index is 0.151. The number of hydrogen-bond acceptors (Lipinski definition) is 3. The molecule has 0 aliphatic heterocycles. The minimum Gasteiger partial charge on any atom is -0.398 e. The molecule has 1 aromatic heterocycles. The number of benzene rings is 1. The van der Waals surface area contributed by atoms with Crippen LogP contribution in [-0.4, -0.2) is 22.2 Å². The van der Waals surface area contributed by atoms with E-state index in [-0.39, 0.29) is 5.91 Å². The van der Waals surface area contributed by atoms with Crippen LogP contribution in [0.25, 0.3) is 0 Å². The van der Waals surface area contributed by atoms with Gasteiger partial charge in [0.1, 0.15) is 0 Å². The van der Waals surface area contributed by atoms with E-state index in [4.69, 9.17) is 5.73 Å². The summed E-state index contributed by atoms with van der Waals surface area (Å²) in [7, 11) is 0. The van der Waals surface area contributed by atoms with Crippen LogP contribution >= 0.6 is 15.9 Å². The fourth-order valence-electron chi connectivity index (χ4n) is 2.15. The third-order valence-corrected chi connectivity index (χ3v) is 3.69. The molecule has 0 radical (unpaired) electrons. The molecule has 6 heteroatoms. The number of hydrogen-bond donors (Lipinski definition) is 2. The van der Waals surface area contributed by atoms with E-state index in [1.54, 1.807) is 12.1 Å². The molecule has 112 valence electrons. The molecule has 1 heterocycles. The first-order valence-electron chi connectivity index (χ1n) is 6.81. The number of nitrogen functional groups attached to an aromatic ring is 1. The average Bonchev–Trinajstić information content (AvgIpc) is 2.75. The standard InChI is InChI=1S/C15H19BrN4O/c1-10-8-11(2)20(19-10)7-3-6-18-15(21)13-9-12(16)4-5-14(13)17/h4-5,8-9H,3,6-7,17H2,1-2H3,(H,18,21). The van der Waals surface area contributed by atoms with Gasteiger partial charge in [0.25, 0.3) is 5.91 Å². The number of aryl methyl sites for hydroxylation is 3. The molecule has 5 nitrogen and oxygen atoms in total. The number of nitrogens with one attached hydrogen (secondary N) is 1. The van der Waals surface area contributed by atoms with Crippen LogP contribution < -0.4 is 11.1 Å². The van der Waals surface area contributed by atoms with E-state index in [0.29, 0.717) is 17.8 Å². The Kier molecular flexibility index (Phi) is 5.01. The van der Waals surface area contributed by atoms with Gasteiger partial charge in [-0.3, -0.25) is 9.48 Å². The summed E-state index contributed by atoms with van der Waals surface area (Å²) in [6.07, 6.45) is 0.821. The third kappa shape index (κ3) is 4.07. The van der Waals surface area contributed by atoms with Crippen LogP contribution in [0.4, 0.5) is 5.69 Å². The highest BCUT2D eigenvalue weighted by Gasteiger charge is 2.09. The van der Waals surface area contributed by atoms with Gasteiger partial charge in [0.15, 0.2) is 0 Å². The summed E-state index contributed by atoms with van der Waals surface area (Å²) in [5.74, 6) is -0.151. The SMILES string of the molecule is Cc1cc(C)n(CCCNC(=O)c2cc(Br)ccc2N)n1. The second kappa shape index (κ2) is 6.76. The topological polar surface area (TPSA) is 72.9 Å². The van der Waals surface area contributed by atoms with Crippen LogP contribution in [0.5, 0.6) is 0 Å². The summed E-state index contributed by atoms with van der Waals surface area (Å²) >= 11 is 3.34. The Morgan fingerprint density at radius 2 is 2.14 bits per heavy atom. The first-order valence-corrected chi connectivity index (χ1v) is 7.61. The fraction of sp³-hybridized carbons (Fsp3) is 0.333. The van der Waals surface area contributed by atoms with Crippen molar-refractivity contribution in [2.75, 3.05) is 12.3 Å². The molecule has 0 saturated heterocycles. The molecule has 0 aliphatic rings. The summed E-state index contributed by atoms with van der Waals surface area (Å²) in [5, 5.41) is 7.27. The van der Waals surface area contributed by atoms with Crippen LogP contribution in [0.3, 0.4) is 0 Å². The predicted molar refractivity (Wildman–Crippen MR) is 87.2 cm³/mol. The van der Waals surface area contributed by atoms with E-state index in [0.717, 1.165) is 28.8 Å². The highest BCUT2D eigenvalue weighted by atomic mass is 79.9. The van der Waals surface area contributed by atoms with Gasteiger partial charge in [-0.05, 0) is 44.5 Å². The number of nitrogens with zero attached hydrogens (tertiary/aromatic N) is 2. The van der Waals surface area contributed by atoms with E-state index >= 15 is 0 Å². The fourth-order valence-corrected chi connectivity index (χ4v) is 2.51. The maximum Gasteiger partial charge on any atom is 0.253 e. The second-order valence-corrected chi connectivity index (χ2v) is 5.91. The maximum absolute atomic E-state index is 12.1. The third-order valence-electron chi connectivity index (χ3n) is 3.20. The summed E-state index contributed by atoms with van der Waals surface area (Å²) in [6.45, 7) is 5.37. The zero-order valence-electron chi connectivity index (χ0n) is 12.2. The Hall–Kier alpha value is -1.82. The van der Waals surface area contributed by atoms with Gasteiger partial charge in [-0.2, -0.15) is 5.10 Å². The van der Waals surface area contributed by atoms with Crippen LogP contribution in [0.1, 0.15) is 28.2 Å². The molecular weight excluding hydrogens is 332 g/mol. The summed E-state index contributed by atoms with van der Waals surface area (Å²) in [6, 6.07) is 7.30. The van der Waals surface area contributed by atoms with E-state index in [9.17, 15) is 4.79 Å². The minimum atomic E-state index is -0.151. The normalized spacial score (nSPS) is 10.6. The molecule has 1 aromatic carbocycles. The lowest BCUT2D eigenvalue weighted by molar-refractivity contribution is 0.0953. The maximum atomic E-state index is 12.1. The van der Waals surface area contributed by atoms with Gasteiger partial charge in [0.05, 0.1) is 11.3 Å². The van der Waals surface area contributed by atoms with Gasteiger partial charge in [0.2, 0.25) is 0 Å². The van der Waals surface area contributed by atoms with Crippen molar-refractivity contribution in [1.29, 1.82) is 0 Å². The average molecular weight is 351 g/mol. The van der Waals surface area contributed by atoms with Crippen LogP contribution in [0.15, 0.2) is 28.7 Å². The van der Waals surface area contributed by atoms with Crippen molar-refractivity contribution in [2.45, 2.75) is 26.8 Å². The van der Waals surface area contributed by atoms with Crippen LogP contribution in [-0.2, 0) is 6.54 Å². The number of carbonyl (C=O) groups is 1. The van der Waals surface area contributed by atoms with Crippen molar-refractivity contribution in [3.8, 4) is 0 Å². The van der Waals surface area contributed by atoms with Crippen LogP contribution in [0, 0.1) is 13.8 Å². The lowest BCUT2D eigenvalue weighted by Gasteiger charge is -2.09. The molecule has 0 aliphatic carbocycles. The Bertz CT molecular complexity index is 651. The van der Waals surface area contributed by atoms with E-state index in [2.05, 4.69) is 26.3 Å². The Labute approximate surface area is 132 Å². The Morgan fingerprint density at radius 3 is 2.81 bits per heavy atom. The number of anilines is 1. The monoisotopic (exact) mass is 350 g/mol. The largest absolute Gasteiger partial charge is 0.398 e. The molecule has 2 rings (SSSR count). The molecule has 21 heavy (non-hydrogen) atoms. The highest BCUT2D eigenvalue weighted by molar-refractivity contribution is 9.10. The molecule has 2 aromatic rings. The number of amides is 1. The van der Waals surface area contributed by atoms with Gasteiger partial charge in [-0.1, -0.05) is 15.9 Å². The number of halogens is 1. The molecule has 0 atom stereocenters. The summed E-state index contributed by atoms with van der Waals surface area (Å²) in [5.41, 5.74) is 8.94. The number of nitrogens with two attached hydrogens (primary N) is 1. The molecule has 0 unspecified atom stereocenters. The first-order chi connectivity index (χ1) is 9.97. The molecule has 1 amide bonds. The van der Waals surface area contributed by atoms with Crippen molar-refractivity contribution < 1.29 is 4.79 Å². The molecular formula is C15H19BrN4O. The first kappa shape index (κ1) is 15.6. The van der Waals surface area contributed by atoms with Gasteiger partial charge in [-0.15, -0.1) is 0 Å². The van der Waals surface area contributed by atoms with Crippen molar-refractivity contribution in [1.82, 2.24) is 15.1 Å². The Balaban J connectivity index is 1.84. The molecule has 0 fully saturated rings. The quantitative estimate of drug-likeness (QED) is 0.643. The number of carbonyl (C=O) groups excluding carboxylic acids is 1. The highest BCUT2D eigenvalue weighted by Crippen LogP contribution is 2.18. The van der Waals surface area contributed by atoms with Gasteiger partial charge >= 0.3 is 0 Å². The second-order valence-electron chi connectivity index (χ2n) is 4.99. The smallest absolute Gasteiger partial charge is 0.253 e. The van der Waals surface area contributed by atoms with Crippen molar-refractivity contribution >= 4 is 27.5 Å². The predicted octanol–water partition coefficient (Wildman–Crippen LogP) is 2.66. The van der Waals surface area contributed by atoms with E-state index in [1.807, 2.05) is 30.7 Å². The molecule has 0 bridgehead atoms. The molecule has 3 N–H and O–H groups in total. The number of aromatic nitrogens is 2. The van der Waals surface area contributed by atoms with Crippen molar-refractivity contribution in [2.24, 2.45) is 0 Å². The lowest BCUT2D eigenvalue weighted by atomic mass is 10.1. The zero-order valence-corrected chi connectivity index (χ0v) is 13.8.